The van der Waals surface area contributed by atoms with Crippen LogP contribution in [-0.4, -0.2) is 42.0 Å². The molecular formula is C34H33BrO6. The van der Waals surface area contributed by atoms with Gasteiger partial charge in [-0.1, -0.05) is 125 Å². The lowest BCUT2D eigenvalue weighted by Gasteiger charge is -2.44. The minimum Gasteiger partial charge on any atom is -0.452 e. The fourth-order valence-electron chi connectivity index (χ4n) is 4.68. The first-order valence-electron chi connectivity index (χ1n) is 13.7. The third-order valence-electron chi connectivity index (χ3n) is 6.79. The first-order chi connectivity index (χ1) is 20.2. The van der Waals surface area contributed by atoms with Crippen LogP contribution in [0.25, 0.3) is 0 Å². The summed E-state index contributed by atoms with van der Waals surface area (Å²) in [6, 6.07) is 38.7. The van der Waals surface area contributed by atoms with Gasteiger partial charge in [-0.15, -0.1) is 0 Å². The van der Waals surface area contributed by atoms with Gasteiger partial charge in [0.05, 0.1) is 32.0 Å². The standard InChI is InChI=1S/C34H33BrO6/c35-33-32(41-34(36)28-19-11-4-12-20-28)31(39-23-27-17-9-3-10-18-27)30(38-22-26-15-7-2-8-16-26)29(40-33)24-37-21-25-13-5-1-6-14-25/h1-20,29-33H,21-24H2/t29-,30-,31+,32+,33+/m1/s1. The van der Waals surface area contributed by atoms with Crippen molar-refractivity contribution in [2.45, 2.75) is 49.2 Å². The van der Waals surface area contributed by atoms with Crippen LogP contribution in [0.3, 0.4) is 0 Å². The van der Waals surface area contributed by atoms with Gasteiger partial charge in [0.1, 0.15) is 18.3 Å². The van der Waals surface area contributed by atoms with Crippen molar-refractivity contribution >= 4 is 21.9 Å². The molecule has 6 nitrogen and oxygen atoms in total. The zero-order valence-corrected chi connectivity index (χ0v) is 24.2. The molecule has 0 unspecified atom stereocenters. The number of ether oxygens (including phenoxy) is 5. The highest BCUT2D eigenvalue weighted by Crippen LogP contribution is 2.33. The van der Waals surface area contributed by atoms with E-state index in [2.05, 4.69) is 15.9 Å². The van der Waals surface area contributed by atoms with Gasteiger partial charge in [-0.05, 0) is 28.8 Å². The Bertz CT molecular complexity index is 1320. The number of carbonyl (C=O) groups is 1. The largest absolute Gasteiger partial charge is 0.452 e. The molecule has 7 heteroatoms. The Morgan fingerprint density at radius 1 is 0.610 bits per heavy atom. The highest BCUT2D eigenvalue weighted by molar-refractivity contribution is 9.09. The molecule has 0 aliphatic carbocycles. The molecule has 212 valence electrons. The van der Waals surface area contributed by atoms with Gasteiger partial charge >= 0.3 is 5.97 Å². The van der Waals surface area contributed by atoms with E-state index in [0.29, 0.717) is 25.4 Å². The number of carbonyl (C=O) groups excluding carboxylic acids is 1. The second-order valence-electron chi connectivity index (χ2n) is 9.78. The summed E-state index contributed by atoms with van der Waals surface area (Å²) in [6.07, 6.45) is -2.50. The number of hydrogen-bond donors (Lipinski definition) is 0. The molecule has 4 aromatic carbocycles. The van der Waals surface area contributed by atoms with Crippen LogP contribution in [0, 0.1) is 0 Å². The summed E-state index contributed by atoms with van der Waals surface area (Å²) in [5, 5.41) is -0.641. The lowest BCUT2D eigenvalue weighted by atomic mass is 9.99. The Hall–Kier alpha value is -3.33. The van der Waals surface area contributed by atoms with Gasteiger partial charge in [0.15, 0.2) is 11.1 Å². The van der Waals surface area contributed by atoms with E-state index in [0.717, 1.165) is 16.7 Å². The maximum atomic E-state index is 13.2. The quantitative estimate of drug-likeness (QED) is 0.130. The second kappa shape index (κ2) is 15.1. The van der Waals surface area contributed by atoms with Crippen LogP contribution in [-0.2, 0) is 43.5 Å². The van der Waals surface area contributed by atoms with Crippen LogP contribution >= 0.6 is 15.9 Å². The fourth-order valence-corrected chi connectivity index (χ4v) is 5.37. The Labute approximate surface area is 249 Å². The molecule has 1 saturated heterocycles. The predicted octanol–water partition coefficient (Wildman–Crippen LogP) is 6.72. The molecule has 4 aromatic rings. The maximum absolute atomic E-state index is 13.2. The van der Waals surface area contributed by atoms with E-state index in [-0.39, 0.29) is 6.61 Å². The van der Waals surface area contributed by atoms with Crippen LogP contribution in [0.2, 0.25) is 0 Å². The van der Waals surface area contributed by atoms with Gasteiger partial charge in [-0.2, -0.15) is 0 Å². The van der Waals surface area contributed by atoms with Crippen molar-refractivity contribution in [3.8, 4) is 0 Å². The molecule has 0 N–H and O–H groups in total. The highest BCUT2D eigenvalue weighted by Gasteiger charge is 2.49. The van der Waals surface area contributed by atoms with Gasteiger partial charge in [0.25, 0.3) is 0 Å². The number of halogens is 1. The molecular weight excluding hydrogens is 584 g/mol. The molecule has 1 aliphatic rings. The molecule has 0 amide bonds. The highest BCUT2D eigenvalue weighted by atomic mass is 79.9. The zero-order valence-electron chi connectivity index (χ0n) is 22.6. The van der Waals surface area contributed by atoms with E-state index >= 15 is 0 Å². The maximum Gasteiger partial charge on any atom is 0.338 e. The van der Waals surface area contributed by atoms with Crippen molar-refractivity contribution in [1.82, 2.24) is 0 Å². The first-order valence-corrected chi connectivity index (χ1v) is 14.6. The number of hydrogen-bond acceptors (Lipinski definition) is 6. The average Bonchev–Trinajstić information content (AvgIpc) is 3.02. The van der Waals surface area contributed by atoms with E-state index in [1.54, 1.807) is 24.3 Å². The molecule has 0 aromatic heterocycles. The number of rotatable bonds is 12. The molecule has 0 saturated carbocycles. The summed E-state index contributed by atoms with van der Waals surface area (Å²) >= 11 is 3.63. The third kappa shape index (κ3) is 8.35. The van der Waals surface area contributed by atoms with E-state index in [1.165, 1.54) is 0 Å². The summed E-state index contributed by atoms with van der Waals surface area (Å²) in [5.41, 5.74) is 3.52. The molecule has 5 atom stereocenters. The molecule has 0 radical (unpaired) electrons. The van der Waals surface area contributed by atoms with E-state index in [9.17, 15) is 4.79 Å². The lowest BCUT2D eigenvalue weighted by molar-refractivity contribution is -0.241. The molecule has 5 rings (SSSR count). The minimum atomic E-state index is -0.780. The lowest BCUT2D eigenvalue weighted by Crippen LogP contribution is -2.60. The van der Waals surface area contributed by atoms with Gasteiger partial charge in [-0.3, -0.25) is 0 Å². The van der Waals surface area contributed by atoms with Gasteiger partial charge in [0.2, 0.25) is 0 Å². The monoisotopic (exact) mass is 616 g/mol. The van der Waals surface area contributed by atoms with Crippen molar-refractivity contribution in [2.24, 2.45) is 0 Å². The molecule has 41 heavy (non-hydrogen) atoms. The normalized spacial score (nSPS) is 22.2. The first kappa shape index (κ1) is 29.2. The van der Waals surface area contributed by atoms with Crippen molar-refractivity contribution in [1.29, 1.82) is 0 Å². The average molecular weight is 618 g/mol. The van der Waals surface area contributed by atoms with Gasteiger partial charge < -0.3 is 23.7 Å². The van der Waals surface area contributed by atoms with Crippen LogP contribution in [0.15, 0.2) is 121 Å². The van der Waals surface area contributed by atoms with Crippen molar-refractivity contribution < 1.29 is 28.5 Å². The van der Waals surface area contributed by atoms with Crippen molar-refractivity contribution in [3.63, 3.8) is 0 Å². The van der Waals surface area contributed by atoms with Crippen LogP contribution in [0.4, 0.5) is 0 Å². The number of esters is 1. The topological polar surface area (TPSA) is 63.2 Å². The Balaban J connectivity index is 1.39. The van der Waals surface area contributed by atoms with Crippen molar-refractivity contribution in [2.75, 3.05) is 6.61 Å². The van der Waals surface area contributed by atoms with Crippen LogP contribution < -0.4 is 0 Å². The Morgan fingerprint density at radius 2 is 1.07 bits per heavy atom. The number of alkyl halides is 1. The molecule has 1 fully saturated rings. The van der Waals surface area contributed by atoms with E-state index in [4.69, 9.17) is 23.7 Å². The summed E-state index contributed by atoms with van der Waals surface area (Å²) in [4.78, 5) is 13.2. The summed E-state index contributed by atoms with van der Waals surface area (Å²) < 4.78 is 31.5. The fraction of sp³-hybridized carbons (Fsp3) is 0.265. The Morgan fingerprint density at radius 3 is 1.61 bits per heavy atom. The molecule has 0 spiro atoms. The zero-order chi connectivity index (χ0) is 28.3. The number of benzene rings is 4. The Kier molecular flexibility index (Phi) is 10.7. The molecule has 1 heterocycles. The van der Waals surface area contributed by atoms with Gasteiger partial charge in [-0.25, -0.2) is 4.79 Å². The smallest absolute Gasteiger partial charge is 0.338 e. The summed E-state index contributed by atoms with van der Waals surface area (Å²) in [6.45, 7) is 1.34. The SMILES string of the molecule is O=C(O[C@H]1[C@@H](OCc2ccccc2)[C@H](OCc2ccccc2)[C@@H](COCc2ccccc2)O[C@@H]1Br)c1ccccc1. The molecule has 1 aliphatic heterocycles. The minimum absolute atomic E-state index is 0.265. The van der Waals surface area contributed by atoms with Crippen LogP contribution in [0.5, 0.6) is 0 Å². The molecule has 0 bridgehead atoms. The summed E-state index contributed by atoms with van der Waals surface area (Å²) in [7, 11) is 0. The van der Waals surface area contributed by atoms with Gasteiger partial charge in [0, 0.05) is 0 Å². The second-order valence-corrected chi connectivity index (χ2v) is 10.7. The predicted molar refractivity (Wildman–Crippen MR) is 159 cm³/mol. The van der Waals surface area contributed by atoms with E-state index < -0.39 is 35.4 Å². The van der Waals surface area contributed by atoms with E-state index in [1.807, 2.05) is 97.1 Å². The van der Waals surface area contributed by atoms with Crippen LogP contribution in [0.1, 0.15) is 27.0 Å². The van der Waals surface area contributed by atoms with Crippen molar-refractivity contribution in [3.05, 3.63) is 144 Å². The third-order valence-corrected chi connectivity index (χ3v) is 7.53. The summed E-state index contributed by atoms with van der Waals surface area (Å²) in [5.74, 6) is -0.461.